The Morgan fingerprint density at radius 2 is 2.03 bits per heavy atom. The second kappa shape index (κ2) is 6.94. The number of aromatic nitrogens is 2. The number of hydrogen-bond acceptors (Lipinski definition) is 5. The number of para-hydroxylation sites is 2. The van der Waals surface area contributed by atoms with Crippen LogP contribution in [0.15, 0.2) is 30.6 Å². The van der Waals surface area contributed by atoms with E-state index in [1.807, 2.05) is 40.7 Å². The number of thiophene rings is 1. The Kier molecular flexibility index (Phi) is 4.35. The number of amides is 3. The van der Waals surface area contributed by atoms with Crippen molar-refractivity contribution in [3.8, 4) is 0 Å². The number of nitrogens with one attached hydrogen (secondary N) is 1. The molecule has 1 unspecified atom stereocenters. The lowest BCUT2D eigenvalue weighted by Crippen LogP contribution is -2.39. The highest BCUT2D eigenvalue weighted by atomic mass is 32.1. The van der Waals surface area contributed by atoms with Crippen molar-refractivity contribution < 1.29 is 14.4 Å². The molecule has 2 aromatic heterocycles. The molecule has 4 heterocycles. The van der Waals surface area contributed by atoms with Crippen LogP contribution in [0.25, 0.3) is 11.0 Å². The Morgan fingerprint density at radius 3 is 2.87 bits per heavy atom. The average Bonchev–Trinajstić information content (AvgIpc) is 3.29. The van der Waals surface area contributed by atoms with Crippen molar-refractivity contribution >= 4 is 45.1 Å². The Balaban J connectivity index is 1.42. The number of hydrogen-bond donors (Lipinski definition) is 1. The monoisotopic (exact) mass is 423 g/mol. The first-order chi connectivity index (χ1) is 14.4. The minimum atomic E-state index is -0.385. The van der Waals surface area contributed by atoms with Gasteiger partial charge in [0.05, 0.1) is 36.0 Å². The molecular formula is C21H21N5O3S. The molecule has 0 aliphatic carbocycles. The number of fused-ring (bicyclic) bond motifs is 4. The molecule has 9 heteroatoms. The van der Waals surface area contributed by atoms with Crippen molar-refractivity contribution in [3.05, 3.63) is 46.6 Å². The number of rotatable bonds is 2. The zero-order chi connectivity index (χ0) is 21.0. The molecule has 3 amide bonds. The van der Waals surface area contributed by atoms with Gasteiger partial charge in [0.1, 0.15) is 11.0 Å². The van der Waals surface area contributed by atoms with Crippen LogP contribution in [0.3, 0.4) is 0 Å². The van der Waals surface area contributed by atoms with Gasteiger partial charge in [-0.05, 0) is 31.0 Å². The lowest BCUT2D eigenvalue weighted by Gasteiger charge is -2.30. The molecule has 30 heavy (non-hydrogen) atoms. The first-order valence-electron chi connectivity index (χ1n) is 9.84. The summed E-state index contributed by atoms with van der Waals surface area (Å²) in [5.74, 6) is -0.324. The number of likely N-dealkylation sites (N-methyl/N-ethyl adjacent to an activating group) is 1. The summed E-state index contributed by atoms with van der Waals surface area (Å²) < 4.78 is 1.90. The van der Waals surface area contributed by atoms with Gasteiger partial charge < -0.3 is 19.7 Å². The van der Waals surface area contributed by atoms with Crippen molar-refractivity contribution in [3.63, 3.8) is 0 Å². The predicted octanol–water partition coefficient (Wildman–Crippen LogP) is 2.27. The number of carbonyl (C=O) groups excluding carboxylic acids is 3. The van der Waals surface area contributed by atoms with Crippen LogP contribution >= 0.6 is 11.3 Å². The van der Waals surface area contributed by atoms with E-state index >= 15 is 0 Å². The van der Waals surface area contributed by atoms with Gasteiger partial charge >= 0.3 is 0 Å². The van der Waals surface area contributed by atoms with E-state index in [0.717, 1.165) is 21.5 Å². The molecule has 154 valence electrons. The summed E-state index contributed by atoms with van der Waals surface area (Å²) in [6.45, 7) is 2.91. The summed E-state index contributed by atoms with van der Waals surface area (Å²) >= 11 is 1.40. The lowest BCUT2D eigenvalue weighted by atomic mass is 10.0. The van der Waals surface area contributed by atoms with E-state index in [-0.39, 0.29) is 30.3 Å². The zero-order valence-corrected chi connectivity index (χ0v) is 17.5. The number of imidazole rings is 1. The highest BCUT2D eigenvalue weighted by Gasteiger charge is 2.34. The van der Waals surface area contributed by atoms with Crippen LogP contribution in [-0.2, 0) is 22.6 Å². The van der Waals surface area contributed by atoms with E-state index in [9.17, 15) is 14.4 Å². The smallest absolute Gasteiger partial charge is 0.257 e. The summed E-state index contributed by atoms with van der Waals surface area (Å²) in [6.07, 6.45) is 2.31. The van der Waals surface area contributed by atoms with E-state index in [1.165, 1.54) is 16.2 Å². The van der Waals surface area contributed by atoms with Crippen molar-refractivity contribution in [2.75, 3.05) is 25.5 Å². The van der Waals surface area contributed by atoms with E-state index in [1.54, 1.807) is 13.4 Å². The molecule has 0 saturated carbocycles. The fraction of sp³-hybridized carbons (Fsp3) is 0.333. The van der Waals surface area contributed by atoms with Crippen molar-refractivity contribution in [1.29, 1.82) is 0 Å². The van der Waals surface area contributed by atoms with E-state index in [4.69, 9.17) is 0 Å². The van der Waals surface area contributed by atoms with Gasteiger partial charge in [0.2, 0.25) is 11.8 Å². The summed E-state index contributed by atoms with van der Waals surface area (Å²) in [5.41, 5.74) is 3.33. The summed E-state index contributed by atoms with van der Waals surface area (Å²) in [7, 11) is 1.64. The molecule has 3 aromatic rings. The van der Waals surface area contributed by atoms with Gasteiger partial charge in [0, 0.05) is 18.5 Å². The minimum Gasteiger partial charge on any atom is -0.335 e. The summed E-state index contributed by atoms with van der Waals surface area (Å²) in [6, 6.07) is 7.37. The van der Waals surface area contributed by atoms with Crippen molar-refractivity contribution in [2.45, 2.75) is 25.9 Å². The molecule has 0 bridgehead atoms. The van der Waals surface area contributed by atoms with Crippen LogP contribution in [0, 0.1) is 0 Å². The lowest BCUT2D eigenvalue weighted by molar-refractivity contribution is -0.135. The van der Waals surface area contributed by atoms with Crippen LogP contribution in [0.2, 0.25) is 0 Å². The van der Waals surface area contributed by atoms with Crippen LogP contribution in [0.1, 0.15) is 33.8 Å². The Labute approximate surface area is 177 Å². The normalized spacial score (nSPS) is 17.4. The fourth-order valence-corrected chi connectivity index (χ4v) is 5.49. The topological polar surface area (TPSA) is 87.5 Å². The van der Waals surface area contributed by atoms with Crippen LogP contribution < -0.4 is 5.32 Å². The Bertz CT molecular complexity index is 1200. The number of carbonyl (C=O) groups is 3. The molecule has 2 aliphatic rings. The first kappa shape index (κ1) is 18.8. The Morgan fingerprint density at radius 1 is 1.23 bits per heavy atom. The zero-order valence-electron chi connectivity index (χ0n) is 16.7. The average molecular weight is 423 g/mol. The quantitative estimate of drug-likeness (QED) is 0.685. The molecule has 0 fully saturated rings. The SMILES string of the molecule is CC(C(=O)N1CCc2c(sc3c2C(=O)N(C)CC(=O)N3)C1)n1cnc2ccccc21. The van der Waals surface area contributed by atoms with E-state index < -0.39 is 0 Å². The molecule has 0 spiro atoms. The highest BCUT2D eigenvalue weighted by Crippen LogP contribution is 2.39. The summed E-state index contributed by atoms with van der Waals surface area (Å²) in [4.78, 5) is 46.7. The standard InChI is InChI=1S/C21H21N5O3S/c1-12(26-11-22-14-5-3-4-6-15(14)26)20(28)25-8-7-13-16(9-25)30-19-18(13)21(29)24(2)10-17(27)23-19/h3-6,11-12H,7-10H2,1-2H3,(H,23,27). The number of anilines is 1. The second-order valence-corrected chi connectivity index (χ2v) is 8.85. The van der Waals surface area contributed by atoms with Crippen LogP contribution in [-0.4, -0.2) is 57.2 Å². The van der Waals surface area contributed by atoms with Crippen molar-refractivity contribution in [2.24, 2.45) is 0 Å². The van der Waals surface area contributed by atoms with Gasteiger partial charge in [-0.2, -0.15) is 0 Å². The van der Waals surface area contributed by atoms with Crippen molar-refractivity contribution in [1.82, 2.24) is 19.4 Å². The van der Waals surface area contributed by atoms with Gasteiger partial charge in [-0.3, -0.25) is 14.4 Å². The molecule has 1 atom stereocenters. The predicted molar refractivity (Wildman–Crippen MR) is 113 cm³/mol. The van der Waals surface area contributed by atoms with Crippen LogP contribution in [0.5, 0.6) is 0 Å². The molecular weight excluding hydrogens is 402 g/mol. The summed E-state index contributed by atoms with van der Waals surface area (Å²) in [5, 5.41) is 3.45. The maximum Gasteiger partial charge on any atom is 0.257 e. The maximum absolute atomic E-state index is 13.3. The molecule has 5 rings (SSSR count). The van der Waals surface area contributed by atoms with Gasteiger partial charge in [-0.25, -0.2) is 4.98 Å². The number of nitrogens with zero attached hydrogens (tertiary/aromatic N) is 4. The molecule has 1 aromatic carbocycles. The second-order valence-electron chi connectivity index (χ2n) is 7.74. The molecule has 2 aliphatic heterocycles. The van der Waals surface area contributed by atoms with E-state index in [0.29, 0.717) is 30.1 Å². The number of benzene rings is 1. The largest absolute Gasteiger partial charge is 0.335 e. The third-order valence-electron chi connectivity index (χ3n) is 5.82. The van der Waals surface area contributed by atoms with Gasteiger partial charge in [-0.15, -0.1) is 11.3 Å². The van der Waals surface area contributed by atoms with Gasteiger partial charge in [-0.1, -0.05) is 12.1 Å². The Hall–Kier alpha value is -3.20. The minimum absolute atomic E-state index is 0.0138. The molecule has 1 N–H and O–H groups in total. The molecule has 8 nitrogen and oxygen atoms in total. The molecule has 0 saturated heterocycles. The van der Waals surface area contributed by atoms with Gasteiger partial charge in [0.25, 0.3) is 5.91 Å². The first-order valence-corrected chi connectivity index (χ1v) is 10.7. The fourth-order valence-electron chi connectivity index (χ4n) is 4.22. The van der Waals surface area contributed by atoms with Crippen LogP contribution in [0.4, 0.5) is 5.00 Å². The third-order valence-corrected chi connectivity index (χ3v) is 6.95. The maximum atomic E-state index is 13.3. The third kappa shape index (κ3) is 2.88. The highest BCUT2D eigenvalue weighted by molar-refractivity contribution is 7.17. The molecule has 0 radical (unpaired) electrons. The van der Waals surface area contributed by atoms with Gasteiger partial charge in [0.15, 0.2) is 0 Å². The van der Waals surface area contributed by atoms with E-state index in [2.05, 4.69) is 10.3 Å².